The molecule has 0 saturated heterocycles. The van der Waals surface area contributed by atoms with Gasteiger partial charge in [0.1, 0.15) is 5.75 Å². The van der Waals surface area contributed by atoms with Crippen LogP contribution in [0, 0.1) is 0 Å². The standard InChI is InChI=1S/C17H30N4O/c1-7-18-16(20-13-17(2,3)21(4)5)19-12-14-9-8-10-15(11-14)22-6/h8-11H,7,12-13H2,1-6H3,(H2,18,19,20). The van der Waals surface area contributed by atoms with E-state index in [1.165, 1.54) is 0 Å². The summed E-state index contributed by atoms with van der Waals surface area (Å²) in [5, 5.41) is 6.69. The molecule has 1 aromatic carbocycles. The smallest absolute Gasteiger partial charge is 0.191 e. The summed E-state index contributed by atoms with van der Waals surface area (Å²) in [6, 6.07) is 7.99. The molecule has 0 fully saturated rings. The van der Waals surface area contributed by atoms with Crippen molar-refractivity contribution in [1.29, 1.82) is 0 Å². The van der Waals surface area contributed by atoms with Crippen molar-refractivity contribution in [1.82, 2.24) is 15.5 Å². The Morgan fingerprint density at radius 3 is 2.59 bits per heavy atom. The van der Waals surface area contributed by atoms with Crippen LogP contribution in [0.2, 0.25) is 0 Å². The van der Waals surface area contributed by atoms with Gasteiger partial charge in [0.05, 0.1) is 13.7 Å². The van der Waals surface area contributed by atoms with E-state index >= 15 is 0 Å². The summed E-state index contributed by atoms with van der Waals surface area (Å²) in [6.07, 6.45) is 0. The van der Waals surface area contributed by atoms with Gasteiger partial charge in [-0.3, -0.25) is 0 Å². The Kier molecular flexibility index (Phi) is 7.18. The van der Waals surface area contributed by atoms with Gasteiger partial charge in [0.15, 0.2) is 5.96 Å². The van der Waals surface area contributed by atoms with Gasteiger partial charge in [-0.15, -0.1) is 0 Å². The molecule has 0 amide bonds. The molecule has 0 aromatic heterocycles. The fraction of sp³-hybridized carbons (Fsp3) is 0.588. The van der Waals surface area contributed by atoms with Crippen molar-refractivity contribution in [3.8, 4) is 5.75 Å². The Hall–Kier alpha value is -1.75. The molecule has 124 valence electrons. The average Bonchev–Trinajstić information content (AvgIpc) is 2.50. The van der Waals surface area contributed by atoms with E-state index in [-0.39, 0.29) is 5.54 Å². The number of guanidine groups is 1. The zero-order valence-corrected chi connectivity index (χ0v) is 14.7. The second-order valence-electron chi connectivity index (χ2n) is 6.11. The summed E-state index contributed by atoms with van der Waals surface area (Å²) >= 11 is 0. The van der Waals surface area contributed by atoms with Gasteiger partial charge < -0.3 is 20.3 Å². The van der Waals surface area contributed by atoms with Gasteiger partial charge in [0.2, 0.25) is 0 Å². The van der Waals surface area contributed by atoms with E-state index in [1.54, 1.807) is 7.11 Å². The first kappa shape index (κ1) is 18.3. The van der Waals surface area contributed by atoms with E-state index in [0.717, 1.165) is 30.4 Å². The van der Waals surface area contributed by atoms with Crippen molar-refractivity contribution < 1.29 is 4.74 Å². The maximum atomic E-state index is 5.24. The van der Waals surface area contributed by atoms with Gasteiger partial charge in [-0.2, -0.15) is 0 Å². The van der Waals surface area contributed by atoms with Crippen LogP contribution in [-0.4, -0.2) is 50.7 Å². The molecule has 1 rings (SSSR count). The summed E-state index contributed by atoms with van der Waals surface area (Å²) in [7, 11) is 5.85. The summed E-state index contributed by atoms with van der Waals surface area (Å²) in [5.41, 5.74) is 1.19. The molecule has 0 aliphatic heterocycles. The highest BCUT2D eigenvalue weighted by atomic mass is 16.5. The molecular formula is C17H30N4O. The normalized spacial score (nSPS) is 12.4. The van der Waals surface area contributed by atoms with Gasteiger partial charge >= 0.3 is 0 Å². The van der Waals surface area contributed by atoms with Gasteiger partial charge in [-0.1, -0.05) is 12.1 Å². The number of hydrogen-bond acceptors (Lipinski definition) is 3. The predicted octanol–water partition coefficient (Wildman–Crippen LogP) is 2.09. The molecule has 2 N–H and O–H groups in total. The molecule has 1 aromatic rings. The lowest BCUT2D eigenvalue weighted by Gasteiger charge is -2.33. The summed E-state index contributed by atoms with van der Waals surface area (Å²) < 4.78 is 5.24. The van der Waals surface area contributed by atoms with Crippen LogP contribution in [0.1, 0.15) is 26.3 Å². The summed E-state index contributed by atoms with van der Waals surface area (Å²) in [6.45, 7) is 8.75. The molecule has 0 atom stereocenters. The highest BCUT2D eigenvalue weighted by Gasteiger charge is 2.20. The predicted molar refractivity (Wildman–Crippen MR) is 93.6 cm³/mol. The Labute approximate surface area is 134 Å². The minimum Gasteiger partial charge on any atom is -0.497 e. The molecule has 0 aliphatic carbocycles. The third-order valence-electron chi connectivity index (χ3n) is 3.80. The van der Waals surface area contributed by atoms with E-state index in [9.17, 15) is 0 Å². The highest BCUT2D eigenvalue weighted by Crippen LogP contribution is 2.13. The second-order valence-corrected chi connectivity index (χ2v) is 6.11. The highest BCUT2D eigenvalue weighted by molar-refractivity contribution is 5.79. The number of aliphatic imine (C=N–C) groups is 1. The van der Waals surface area contributed by atoms with Gasteiger partial charge in [-0.05, 0) is 52.6 Å². The fourth-order valence-corrected chi connectivity index (χ4v) is 1.74. The zero-order valence-electron chi connectivity index (χ0n) is 14.7. The molecule has 5 heteroatoms. The molecule has 0 radical (unpaired) electrons. The number of methoxy groups -OCH3 is 1. The first-order chi connectivity index (χ1) is 10.4. The SMILES string of the molecule is CCNC(=NCc1cccc(OC)c1)NCC(C)(C)N(C)C. The fourth-order valence-electron chi connectivity index (χ4n) is 1.74. The van der Waals surface area contributed by atoms with E-state index in [1.807, 2.05) is 18.2 Å². The number of rotatable bonds is 7. The van der Waals surface area contributed by atoms with Gasteiger partial charge in [0, 0.05) is 18.6 Å². The Bertz CT molecular complexity index is 483. The Morgan fingerprint density at radius 1 is 1.27 bits per heavy atom. The van der Waals surface area contributed by atoms with Crippen LogP contribution >= 0.6 is 0 Å². The van der Waals surface area contributed by atoms with E-state index in [0.29, 0.717) is 6.54 Å². The zero-order chi connectivity index (χ0) is 16.6. The maximum Gasteiger partial charge on any atom is 0.191 e. The topological polar surface area (TPSA) is 48.9 Å². The molecule has 0 bridgehead atoms. The third kappa shape index (κ3) is 5.93. The first-order valence-electron chi connectivity index (χ1n) is 7.71. The molecule has 0 aliphatic rings. The lowest BCUT2D eigenvalue weighted by atomic mass is 10.0. The molecule has 22 heavy (non-hydrogen) atoms. The van der Waals surface area contributed by atoms with Crippen molar-refractivity contribution in [3.05, 3.63) is 29.8 Å². The van der Waals surface area contributed by atoms with Crippen LogP contribution in [0.3, 0.4) is 0 Å². The largest absolute Gasteiger partial charge is 0.497 e. The van der Waals surface area contributed by atoms with E-state index < -0.39 is 0 Å². The van der Waals surface area contributed by atoms with Crippen LogP contribution < -0.4 is 15.4 Å². The van der Waals surface area contributed by atoms with Crippen molar-refractivity contribution in [2.75, 3.05) is 34.3 Å². The molecule has 5 nitrogen and oxygen atoms in total. The van der Waals surface area contributed by atoms with Crippen molar-refractivity contribution in [3.63, 3.8) is 0 Å². The number of likely N-dealkylation sites (N-methyl/N-ethyl adjacent to an activating group) is 1. The van der Waals surface area contributed by atoms with E-state index in [4.69, 9.17) is 4.74 Å². The first-order valence-corrected chi connectivity index (χ1v) is 7.71. The lowest BCUT2D eigenvalue weighted by Crippen LogP contribution is -2.50. The third-order valence-corrected chi connectivity index (χ3v) is 3.80. The van der Waals surface area contributed by atoms with Gasteiger partial charge in [0.25, 0.3) is 0 Å². The maximum absolute atomic E-state index is 5.24. The lowest BCUT2D eigenvalue weighted by molar-refractivity contribution is 0.197. The van der Waals surface area contributed by atoms with Crippen LogP contribution in [0.5, 0.6) is 5.75 Å². The average molecular weight is 306 g/mol. The molecule has 0 saturated carbocycles. The van der Waals surface area contributed by atoms with Crippen molar-refractivity contribution in [2.24, 2.45) is 4.99 Å². The summed E-state index contributed by atoms with van der Waals surface area (Å²) in [5.74, 6) is 1.69. The quantitative estimate of drug-likeness (QED) is 0.598. The monoisotopic (exact) mass is 306 g/mol. The summed E-state index contributed by atoms with van der Waals surface area (Å²) in [4.78, 5) is 6.84. The van der Waals surface area contributed by atoms with Crippen LogP contribution in [0.25, 0.3) is 0 Å². The van der Waals surface area contributed by atoms with Crippen LogP contribution in [-0.2, 0) is 6.54 Å². The Balaban J connectivity index is 2.69. The molecule has 0 spiro atoms. The van der Waals surface area contributed by atoms with E-state index in [2.05, 4.69) is 61.5 Å². The minimum atomic E-state index is 0.0617. The second kappa shape index (κ2) is 8.63. The Morgan fingerprint density at radius 2 is 2.00 bits per heavy atom. The van der Waals surface area contributed by atoms with Crippen molar-refractivity contribution in [2.45, 2.75) is 32.9 Å². The number of benzene rings is 1. The molecule has 0 unspecified atom stereocenters. The molecular weight excluding hydrogens is 276 g/mol. The van der Waals surface area contributed by atoms with Crippen LogP contribution in [0.15, 0.2) is 29.3 Å². The number of ether oxygens (including phenoxy) is 1. The number of hydrogen-bond donors (Lipinski definition) is 2. The minimum absolute atomic E-state index is 0.0617. The number of nitrogens with zero attached hydrogens (tertiary/aromatic N) is 2. The molecule has 0 heterocycles. The number of nitrogens with one attached hydrogen (secondary N) is 2. The van der Waals surface area contributed by atoms with Crippen LogP contribution in [0.4, 0.5) is 0 Å². The van der Waals surface area contributed by atoms with Gasteiger partial charge in [-0.25, -0.2) is 4.99 Å². The van der Waals surface area contributed by atoms with Crippen molar-refractivity contribution >= 4 is 5.96 Å².